The summed E-state index contributed by atoms with van der Waals surface area (Å²) in [5.74, 6) is 0. The summed E-state index contributed by atoms with van der Waals surface area (Å²) in [5, 5.41) is 7.35. The first-order chi connectivity index (χ1) is 12.1. The van der Waals surface area contributed by atoms with E-state index in [1.807, 2.05) is 12.2 Å². The summed E-state index contributed by atoms with van der Waals surface area (Å²) in [4.78, 5) is -0.584. The van der Waals surface area contributed by atoms with Crippen LogP contribution in [0.3, 0.4) is 0 Å². The molecule has 0 radical (unpaired) electrons. The molecule has 3 heteroatoms. The predicted octanol–water partition coefficient (Wildman–Crippen LogP) is 4.85. The summed E-state index contributed by atoms with van der Waals surface area (Å²) < 4.78 is 0. The highest BCUT2D eigenvalue weighted by atomic mass is 32.2. The molecule has 0 amide bonds. The first-order valence-electron chi connectivity index (χ1n) is 8.40. The van der Waals surface area contributed by atoms with Crippen molar-refractivity contribution < 1.29 is 0 Å². The molecule has 0 bridgehead atoms. The zero-order valence-electron chi connectivity index (χ0n) is 13.6. The van der Waals surface area contributed by atoms with Crippen molar-refractivity contribution in [2.24, 2.45) is 11.5 Å². The van der Waals surface area contributed by atoms with Gasteiger partial charge in [-0.15, -0.1) is 11.8 Å². The van der Waals surface area contributed by atoms with Gasteiger partial charge in [-0.1, -0.05) is 66.7 Å². The maximum atomic E-state index is 6.74. The standard InChI is InChI=1S/C22H18N2S/c23-20-10-11-22(24,25-20)19-7-3-6-14-8-9-17-12-15-4-1-2-5-16(15)13-18(17)21(14)19/h1-13,20H,23-24H2. The Bertz CT molecular complexity index is 1160. The van der Waals surface area contributed by atoms with Crippen LogP contribution in [-0.2, 0) is 4.87 Å². The van der Waals surface area contributed by atoms with Crippen LogP contribution >= 0.6 is 11.8 Å². The van der Waals surface area contributed by atoms with Gasteiger partial charge in [-0.25, -0.2) is 0 Å². The number of hydrogen-bond acceptors (Lipinski definition) is 3. The van der Waals surface area contributed by atoms with Gasteiger partial charge < -0.3 is 11.5 Å². The minimum atomic E-state index is -0.584. The fraction of sp³-hybridized carbons (Fsp3) is 0.0909. The first kappa shape index (κ1) is 15.0. The molecule has 4 aromatic carbocycles. The van der Waals surface area contributed by atoms with Gasteiger partial charge in [0.2, 0.25) is 0 Å². The normalized spacial score (nSPS) is 23.0. The van der Waals surface area contributed by atoms with Crippen LogP contribution in [0, 0.1) is 0 Å². The van der Waals surface area contributed by atoms with Crippen LogP contribution in [0.2, 0.25) is 0 Å². The van der Waals surface area contributed by atoms with Gasteiger partial charge in [0.1, 0.15) is 4.87 Å². The van der Waals surface area contributed by atoms with Crippen molar-refractivity contribution in [3.8, 4) is 0 Å². The van der Waals surface area contributed by atoms with E-state index in [0.29, 0.717) is 0 Å². The van der Waals surface area contributed by atoms with Crippen molar-refractivity contribution in [2.75, 3.05) is 0 Å². The van der Waals surface area contributed by atoms with E-state index in [-0.39, 0.29) is 5.37 Å². The number of thioether (sulfide) groups is 1. The van der Waals surface area contributed by atoms with E-state index >= 15 is 0 Å². The summed E-state index contributed by atoms with van der Waals surface area (Å²) >= 11 is 1.59. The molecule has 5 rings (SSSR count). The quantitative estimate of drug-likeness (QED) is 0.295. The van der Waals surface area contributed by atoms with Gasteiger partial charge in [0.05, 0.1) is 5.37 Å². The first-order valence-corrected chi connectivity index (χ1v) is 9.28. The Morgan fingerprint density at radius 3 is 2.28 bits per heavy atom. The van der Waals surface area contributed by atoms with E-state index in [4.69, 9.17) is 11.5 Å². The van der Waals surface area contributed by atoms with Crippen molar-refractivity contribution in [1.82, 2.24) is 0 Å². The maximum absolute atomic E-state index is 6.74. The molecule has 4 N–H and O–H groups in total. The Hall–Kier alpha value is -2.33. The lowest BCUT2D eigenvalue weighted by molar-refractivity contribution is 0.848. The van der Waals surface area contributed by atoms with Crippen LogP contribution in [0.25, 0.3) is 32.3 Å². The Morgan fingerprint density at radius 1 is 0.800 bits per heavy atom. The Morgan fingerprint density at radius 2 is 1.52 bits per heavy atom. The van der Waals surface area contributed by atoms with Crippen molar-refractivity contribution in [1.29, 1.82) is 0 Å². The number of fused-ring (bicyclic) bond motifs is 4. The topological polar surface area (TPSA) is 52.0 Å². The number of nitrogens with two attached hydrogens (primary N) is 2. The predicted molar refractivity (Wildman–Crippen MR) is 110 cm³/mol. The number of benzene rings is 4. The Labute approximate surface area is 150 Å². The van der Waals surface area contributed by atoms with E-state index < -0.39 is 4.87 Å². The van der Waals surface area contributed by atoms with Gasteiger partial charge in [-0.2, -0.15) is 0 Å². The second-order valence-corrected chi connectivity index (χ2v) is 8.08. The molecule has 2 atom stereocenters. The van der Waals surface area contributed by atoms with Gasteiger partial charge in [-0.3, -0.25) is 0 Å². The van der Waals surface area contributed by atoms with Crippen molar-refractivity contribution >= 4 is 44.1 Å². The minimum absolute atomic E-state index is 0.0592. The zero-order chi connectivity index (χ0) is 17.0. The summed E-state index contributed by atoms with van der Waals surface area (Å²) in [6, 6.07) is 23.8. The highest BCUT2D eigenvalue weighted by Crippen LogP contribution is 2.44. The van der Waals surface area contributed by atoms with Crippen LogP contribution in [0.5, 0.6) is 0 Å². The Balaban J connectivity index is 1.91. The molecular weight excluding hydrogens is 324 g/mol. The monoisotopic (exact) mass is 342 g/mol. The molecule has 1 heterocycles. The van der Waals surface area contributed by atoms with Gasteiger partial charge in [0, 0.05) is 0 Å². The summed E-state index contributed by atoms with van der Waals surface area (Å²) in [6.45, 7) is 0. The average molecular weight is 342 g/mol. The SMILES string of the molecule is NC1C=CC(N)(c2cccc3ccc4cc5ccccc5cc4c23)S1. The molecule has 0 fully saturated rings. The Kier molecular flexibility index (Phi) is 3.19. The lowest BCUT2D eigenvalue weighted by Crippen LogP contribution is -2.30. The smallest absolute Gasteiger partial charge is 0.109 e. The maximum Gasteiger partial charge on any atom is 0.109 e. The number of rotatable bonds is 1. The molecule has 1 aliphatic rings. The lowest BCUT2D eigenvalue weighted by atomic mass is 9.92. The molecule has 25 heavy (non-hydrogen) atoms. The fourth-order valence-corrected chi connectivity index (χ4v) is 4.88. The van der Waals surface area contributed by atoms with Crippen LogP contribution < -0.4 is 11.5 Å². The molecule has 2 unspecified atom stereocenters. The molecule has 0 aromatic heterocycles. The van der Waals surface area contributed by atoms with Crippen molar-refractivity contribution in [2.45, 2.75) is 10.2 Å². The average Bonchev–Trinajstić information content (AvgIpc) is 2.99. The second-order valence-electron chi connectivity index (χ2n) is 6.62. The van der Waals surface area contributed by atoms with Crippen LogP contribution in [-0.4, -0.2) is 5.37 Å². The minimum Gasteiger partial charge on any atom is -0.316 e. The fourth-order valence-electron chi connectivity index (χ4n) is 3.82. The third-order valence-electron chi connectivity index (χ3n) is 5.01. The summed E-state index contributed by atoms with van der Waals surface area (Å²) in [6.07, 6.45) is 4.03. The lowest BCUT2D eigenvalue weighted by Gasteiger charge is -2.25. The third kappa shape index (κ3) is 2.28. The van der Waals surface area contributed by atoms with E-state index in [1.165, 1.54) is 32.3 Å². The van der Waals surface area contributed by atoms with Gasteiger partial charge in [0.15, 0.2) is 0 Å². The van der Waals surface area contributed by atoms with E-state index in [1.54, 1.807) is 11.8 Å². The van der Waals surface area contributed by atoms with Gasteiger partial charge in [-0.05, 0) is 50.0 Å². The molecule has 122 valence electrons. The van der Waals surface area contributed by atoms with Crippen LogP contribution in [0.4, 0.5) is 0 Å². The number of hydrogen-bond donors (Lipinski definition) is 2. The molecule has 2 nitrogen and oxygen atoms in total. The van der Waals surface area contributed by atoms with E-state index in [9.17, 15) is 0 Å². The third-order valence-corrected chi connectivity index (χ3v) is 6.19. The van der Waals surface area contributed by atoms with Gasteiger partial charge >= 0.3 is 0 Å². The van der Waals surface area contributed by atoms with E-state index in [0.717, 1.165) is 5.56 Å². The molecule has 0 saturated carbocycles. The van der Waals surface area contributed by atoms with Gasteiger partial charge in [0.25, 0.3) is 0 Å². The molecule has 0 aliphatic carbocycles. The van der Waals surface area contributed by atoms with E-state index in [2.05, 4.69) is 66.7 Å². The van der Waals surface area contributed by atoms with Crippen LogP contribution in [0.1, 0.15) is 5.56 Å². The second kappa shape index (κ2) is 5.33. The summed E-state index contributed by atoms with van der Waals surface area (Å²) in [7, 11) is 0. The van der Waals surface area contributed by atoms with Crippen LogP contribution in [0.15, 0.2) is 78.9 Å². The van der Waals surface area contributed by atoms with Crippen molar-refractivity contribution in [3.05, 3.63) is 84.4 Å². The molecule has 1 aliphatic heterocycles. The van der Waals surface area contributed by atoms with Crippen molar-refractivity contribution in [3.63, 3.8) is 0 Å². The molecule has 4 aromatic rings. The highest BCUT2D eigenvalue weighted by molar-refractivity contribution is 8.01. The molecule has 0 spiro atoms. The summed E-state index contributed by atoms with van der Waals surface area (Å²) in [5.41, 5.74) is 13.9. The zero-order valence-corrected chi connectivity index (χ0v) is 14.5. The molecular formula is C22H18N2S. The highest BCUT2D eigenvalue weighted by Gasteiger charge is 2.33. The molecule has 0 saturated heterocycles. The largest absolute Gasteiger partial charge is 0.316 e.